The fourth-order valence-corrected chi connectivity index (χ4v) is 1.74. The van der Waals surface area contributed by atoms with Crippen LogP contribution in [0.2, 0.25) is 0 Å². The van der Waals surface area contributed by atoms with Crippen LogP contribution < -0.4 is 0 Å². The average Bonchev–Trinajstić information content (AvgIpc) is 2.96. The molecule has 1 aromatic heterocycles. The van der Waals surface area contributed by atoms with Gasteiger partial charge in [-0.25, -0.2) is 4.39 Å². The van der Waals surface area contributed by atoms with Crippen LogP contribution in [0.15, 0.2) is 22.7 Å². The Kier molecular flexibility index (Phi) is 4.64. The third-order valence-corrected chi connectivity index (χ3v) is 2.91. The van der Waals surface area contributed by atoms with Gasteiger partial charge in [-0.2, -0.15) is 18.2 Å². The van der Waals surface area contributed by atoms with Crippen LogP contribution in [-0.4, -0.2) is 46.3 Å². The zero-order valence-corrected chi connectivity index (χ0v) is 11.8. The smallest absolute Gasteiger partial charge is 0.395 e. The number of hydrogen-bond acceptors (Lipinski definition) is 5. The molecule has 0 aliphatic carbocycles. The van der Waals surface area contributed by atoms with E-state index < -0.39 is 29.6 Å². The highest BCUT2D eigenvalue weighted by Crippen LogP contribution is 2.29. The van der Waals surface area contributed by atoms with Crippen molar-refractivity contribution in [3.63, 3.8) is 0 Å². The molecule has 0 radical (unpaired) electrons. The Labute approximate surface area is 127 Å². The number of halogens is 4. The molecule has 1 heterocycles. The quantitative estimate of drug-likeness (QED) is 0.865. The van der Waals surface area contributed by atoms with E-state index in [1.165, 1.54) is 13.1 Å². The summed E-state index contributed by atoms with van der Waals surface area (Å²) in [5.74, 6) is -3.61. The summed E-state index contributed by atoms with van der Waals surface area (Å²) in [6.45, 7) is -0.273. The van der Waals surface area contributed by atoms with E-state index in [2.05, 4.69) is 14.7 Å². The molecule has 0 aliphatic rings. The number of benzene rings is 1. The molecule has 0 saturated heterocycles. The summed E-state index contributed by atoms with van der Waals surface area (Å²) in [7, 11) is 1.38. The lowest BCUT2D eigenvalue weighted by molar-refractivity contribution is -0.159. The van der Waals surface area contributed by atoms with Gasteiger partial charge in [0.1, 0.15) is 5.82 Å². The largest absolute Gasteiger partial charge is 0.471 e. The zero-order chi connectivity index (χ0) is 17.2. The van der Waals surface area contributed by atoms with Crippen LogP contribution in [0.25, 0.3) is 11.4 Å². The Morgan fingerprint density at radius 3 is 2.61 bits per heavy atom. The Morgan fingerprint density at radius 1 is 1.39 bits per heavy atom. The maximum absolute atomic E-state index is 14.0. The van der Waals surface area contributed by atoms with E-state index in [0.29, 0.717) is 0 Å². The van der Waals surface area contributed by atoms with Crippen molar-refractivity contribution in [2.45, 2.75) is 6.18 Å². The third-order valence-electron chi connectivity index (χ3n) is 2.91. The van der Waals surface area contributed by atoms with E-state index in [9.17, 15) is 22.4 Å². The van der Waals surface area contributed by atoms with Gasteiger partial charge in [0, 0.05) is 19.2 Å². The van der Waals surface area contributed by atoms with Gasteiger partial charge < -0.3 is 14.5 Å². The highest BCUT2D eigenvalue weighted by molar-refractivity contribution is 5.94. The molecule has 0 atom stereocenters. The molecule has 1 aromatic carbocycles. The fraction of sp³-hybridized carbons (Fsp3) is 0.308. The van der Waals surface area contributed by atoms with Crippen LogP contribution in [-0.2, 0) is 6.18 Å². The molecule has 0 saturated carbocycles. The van der Waals surface area contributed by atoms with Crippen molar-refractivity contribution < 1.29 is 32.0 Å². The van der Waals surface area contributed by atoms with Crippen molar-refractivity contribution in [3.8, 4) is 11.4 Å². The van der Waals surface area contributed by atoms with Gasteiger partial charge in [0.2, 0.25) is 5.82 Å². The first kappa shape index (κ1) is 16.9. The lowest BCUT2D eigenvalue weighted by atomic mass is 10.1. The molecule has 6 nitrogen and oxygen atoms in total. The number of amides is 1. The molecule has 10 heteroatoms. The number of hydrogen-bond donors (Lipinski definition) is 1. The van der Waals surface area contributed by atoms with E-state index in [0.717, 1.165) is 17.0 Å². The van der Waals surface area contributed by atoms with Gasteiger partial charge in [0.15, 0.2) is 0 Å². The van der Waals surface area contributed by atoms with Gasteiger partial charge >= 0.3 is 12.1 Å². The van der Waals surface area contributed by atoms with Gasteiger partial charge in [-0.15, -0.1) is 0 Å². The van der Waals surface area contributed by atoms with E-state index in [1.807, 2.05) is 0 Å². The number of aliphatic hydroxyl groups excluding tert-OH is 1. The van der Waals surface area contributed by atoms with E-state index in [1.54, 1.807) is 0 Å². The van der Waals surface area contributed by atoms with Crippen molar-refractivity contribution in [1.82, 2.24) is 15.0 Å². The summed E-state index contributed by atoms with van der Waals surface area (Å²) in [5.41, 5.74) is -0.354. The molecule has 2 rings (SSSR count). The molecule has 0 aliphatic heterocycles. The van der Waals surface area contributed by atoms with Crippen LogP contribution in [0.4, 0.5) is 17.6 Å². The number of likely N-dealkylation sites (N-methyl/N-ethyl adjacent to an activating group) is 1. The summed E-state index contributed by atoms with van der Waals surface area (Å²) in [4.78, 5) is 16.2. The van der Waals surface area contributed by atoms with E-state index in [-0.39, 0.29) is 24.3 Å². The van der Waals surface area contributed by atoms with Gasteiger partial charge in [-0.1, -0.05) is 11.2 Å². The van der Waals surface area contributed by atoms with Crippen LogP contribution in [0.3, 0.4) is 0 Å². The molecule has 0 fully saturated rings. The summed E-state index contributed by atoms with van der Waals surface area (Å²) < 4.78 is 55.2. The van der Waals surface area contributed by atoms with Gasteiger partial charge in [-0.3, -0.25) is 4.79 Å². The van der Waals surface area contributed by atoms with Crippen molar-refractivity contribution in [3.05, 3.63) is 35.5 Å². The number of aromatic nitrogens is 2. The molecule has 23 heavy (non-hydrogen) atoms. The Bertz CT molecular complexity index is 715. The highest BCUT2D eigenvalue weighted by atomic mass is 19.4. The number of carbonyl (C=O) groups is 1. The van der Waals surface area contributed by atoms with Crippen molar-refractivity contribution in [2.24, 2.45) is 0 Å². The molecule has 0 unspecified atom stereocenters. The molecular formula is C13H11F4N3O3. The first-order valence-corrected chi connectivity index (χ1v) is 6.31. The summed E-state index contributed by atoms with van der Waals surface area (Å²) in [6, 6.07) is 3.14. The van der Waals surface area contributed by atoms with Crippen molar-refractivity contribution >= 4 is 5.91 Å². The fourth-order valence-electron chi connectivity index (χ4n) is 1.74. The van der Waals surface area contributed by atoms with Gasteiger partial charge in [0.25, 0.3) is 5.91 Å². The maximum atomic E-state index is 14.0. The van der Waals surface area contributed by atoms with Crippen molar-refractivity contribution in [2.75, 3.05) is 20.2 Å². The van der Waals surface area contributed by atoms with Crippen LogP contribution >= 0.6 is 0 Å². The number of alkyl halides is 3. The number of aliphatic hydroxyl groups is 1. The minimum absolute atomic E-state index is 0.0137. The Morgan fingerprint density at radius 2 is 2.09 bits per heavy atom. The Hall–Kier alpha value is -2.49. The lowest BCUT2D eigenvalue weighted by Gasteiger charge is -2.16. The second-order valence-corrected chi connectivity index (χ2v) is 4.57. The van der Waals surface area contributed by atoms with Gasteiger partial charge in [-0.05, 0) is 12.1 Å². The summed E-state index contributed by atoms with van der Waals surface area (Å²) >= 11 is 0. The zero-order valence-electron chi connectivity index (χ0n) is 11.8. The minimum atomic E-state index is -4.80. The third kappa shape index (κ3) is 3.65. The molecule has 0 spiro atoms. The summed E-state index contributed by atoms with van der Waals surface area (Å²) in [6.07, 6.45) is -4.80. The molecule has 1 amide bonds. The molecular weight excluding hydrogens is 322 g/mol. The second kappa shape index (κ2) is 6.32. The topological polar surface area (TPSA) is 79.5 Å². The van der Waals surface area contributed by atoms with Gasteiger partial charge in [0.05, 0.1) is 12.2 Å². The van der Waals surface area contributed by atoms with Crippen LogP contribution in [0.1, 0.15) is 16.2 Å². The number of rotatable bonds is 4. The van der Waals surface area contributed by atoms with E-state index in [4.69, 9.17) is 5.11 Å². The number of carbonyl (C=O) groups excluding carboxylic acids is 1. The molecule has 2 aromatic rings. The standard InChI is InChI=1S/C13H11F4N3O3/c1-20(4-5-21)11(22)8-3-2-7(6-9(8)14)10-18-12(23-19-10)13(15,16)17/h2-3,6,21H,4-5H2,1H3. The lowest BCUT2D eigenvalue weighted by Crippen LogP contribution is -2.30. The minimum Gasteiger partial charge on any atom is -0.395 e. The number of nitrogens with zero attached hydrogens (tertiary/aromatic N) is 3. The van der Waals surface area contributed by atoms with Crippen LogP contribution in [0, 0.1) is 5.82 Å². The first-order valence-electron chi connectivity index (χ1n) is 6.31. The second-order valence-electron chi connectivity index (χ2n) is 4.57. The molecule has 1 N–H and O–H groups in total. The average molecular weight is 333 g/mol. The predicted octanol–water partition coefficient (Wildman–Crippen LogP) is 1.96. The molecule has 124 valence electrons. The van der Waals surface area contributed by atoms with E-state index >= 15 is 0 Å². The normalized spacial score (nSPS) is 11.6. The van der Waals surface area contributed by atoms with Crippen LogP contribution in [0.5, 0.6) is 0 Å². The highest BCUT2D eigenvalue weighted by Gasteiger charge is 2.38. The summed E-state index contributed by atoms with van der Waals surface area (Å²) in [5, 5.41) is 11.9. The predicted molar refractivity (Wildman–Crippen MR) is 68.7 cm³/mol. The SMILES string of the molecule is CN(CCO)C(=O)c1ccc(-c2noc(C(F)(F)F)n2)cc1F. The molecule has 0 bridgehead atoms. The maximum Gasteiger partial charge on any atom is 0.471 e. The first-order chi connectivity index (χ1) is 10.7. The van der Waals surface area contributed by atoms with Crippen molar-refractivity contribution in [1.29, 1.82) is 0 Å². The Balaban J connectivity index is 2.29. The monoisotopic (exact) mass is 333 g/mol.